The van der Waals surface area contributed by atoms with Crippen LogP contribution in [0.3, 0.4) is 0 Å². The van der Waals surface area contributed by atoms with E-state index in [0.717, 1.165) is 6.42 Å². The molecule has 1 saturated heterocycles. The van der Waals surface area contributed by atoms with Crippen LogP contribution < -0.4 is 5.32 Å². The quantitative estimate of drug-likeness (QED) is 0.876. The van der Waals surface area contributed by atoms with Crippen LogP contribution in [0, 0.1) is 0 Å². The third kappa shape index (κ3) is 2.55. The Morgan fingerprint density at radius 1 is 1.67 bits per heavy atom. The first-order valence-corrected chi connectivity index (χ1v) is 7.52. The zero-order valence-electron chi connectivity index (χ0n) is 9.32. The number of nitrogens with one attached hydrogen (secondary N) is 1. The van der Waals surface area contributed by atoms with E-state index < -0.39 is 0 Å². The Kier molecular flexibility index (Phi) is 4.05. The normalized spacial score (nSPS) is 23.2. The summed E-state index contributed by atoms with van der Waals surface area (Å²) in [6, 6.07) is 0.432. The van der Waals surface area contributed by atoms with Gasteiger partial charge in [0.15, 0.2) is 0 Å². The Morgan fingerprint density at radius 3 is 3.13 bits per heavy atom. The van der Waals surface area contributed by atoms with Gasteiger partial charge in [0.05, 0.1) is 10.9 Å². The molecule has 1 aromatic heterocycles. The van der Waals surface area contributed by atoms with Gasteiger partial charge in [0, 0.05) is 11.4 Å². The first kappa shape index (κ1) is 11.4. The van der Waals surface area contributed by atoms with Crippen molar-refractivity contribution < 1.29 is 0 Å². The van der Waals surface area contributed by atoms with Gasteiger partial charge in [-0.25, -0.2) is 4.98 Å². The number of thioether (sulfide) groups is 1. The number of thiazole rings is 1. The van der Waals surface area contributed by atoms with E-state index in [1.54, 1.807) is 0 Å². The van der Waals surface area contributed by atoms with Gasteiger partial charge in [-0.2, -0.15) is 11.8 Å². The van der Waals surface area contributed by atoms with E-state index in [4.69, 9.17) is 4.98 Å². The van der Waals surface area contributed by atoms with E-state index in [0.29, 0.717) is 11.3 Å². The van der Waals surface area contributed by atoms with Gasteiger partial charge in [-0.05, 0) is 32.1 Å². The highest BCUT2D eigenvalue weighted by Gasteiger charge is 2.21. The molecule has 2 unspecified atom stereocenters. The predicted molar refractivity (Wildman–Crippen MR) is 68.6 cm³/mol. The van der Waals surface area contributed by atoms with E-state index in [1.807, 2.05) is 18.4 Å². The lowest BCUT2D eigenvalue weighted by molar-refractivity contribution is 0.562. The summed E-state index contributed by atoms with van der Waals surface area (Å²) in [6.45, 7) is 2.20. The van der Waals surface area contributed by atoms with Gasteiger partial charge < -0.3 is 5.32 Å². The molecule has 2 heterocycles. The number of hydrogen-bond donors (Lipinski definition) is 1. The van der Waals surface area contributed by atoms with Gasteiger partial charge in [0.2, 0.25) is 0 Å². The van der Waals surface area contributed by atoms with E-state index in [9.17, 15) is 0 Å². The molecule has 2 atom stereocenters. The van der Waals surface area contributed by atoms with Crippen LogP contribution in [0.5, 0.6) is 0 Å². The molecule has 15 heavy (non-hydrogen) atoms. The second-order valence-corrected chi connectivity index (χ2v) is 6.06. The second-order valence-electron chi connectivity index (χ2n) is 3.86. The van der Waals surface area contributed by atoms with Crippen LogP contribution in [-0.2, 0) is 0 Å². The Morgan fingerprint density at radius 2 is 2.53 bits per heavy atom. The van der Waals surface area contributed by atoms with Gasteiger partial charge in [-0.1, -0.05) is 6.92 Å². The molecule has 0 spiro atoms. The van der Waals surface area contributed by atoms with Crippen LogP contribution in [0.2, 0.25) is 0 Å². The van der Waals surface area contributed by atoms with Gasteiger partial charge in [-0.3, -0.25) is 0 Å². The number of rotatable bonds is 4. The minimum atomic E-state index is 0.432. The van der Waals surface area contributed by atoms with Crippen LogP contribution in [-0.4, -0.2) is 17.8 Å². The van der Waals surface area contributed by atoms with Crippen molar-refractivity contribution in [3.8, 4) is 0 Å². The van der Waals surface area contributed by atoms with Crippen LogP contribution >= 0.6 is 23.1 Å². The van der Waals surface area contributed by atoms with Gasteiger partial charge in [0.1, 0.15) is 5.01 Å². The molecular weight excluding hydrogens is 224 g/mol. The van der Waals surface area contributed by atoms with Crippen molar-refractivity contribution in [2.24, 2.45) is 0 Å². The van der Waals surface area contributed by atoms with Crippen molar-refractivity contribution in [3.63, 3.8) is 0 Å². The van der Waals surface area contributed by atoms with Crippen molar-refractivity contribution in [2.45, 2.75) is 37.5 Å². The lowest BCUT2D eigenvalue weighted by atomic mass is 10.2. The van der Waals surface area contributed by atoms with Crippen molar-refractivity contribution in [1.82, 2.24) is 10.3 Å². The van der Waals surface area contributed by atoms with Crippen molar-refractivity contribution in [3.05, 3.63) is 16.1 Å². The number of nitrogens with zero attached hydrogens (tertiary/aromatic N) is 1. The first-order chi connectivity index (χ1) is 7.35. The van der Waals surface area contributed by atoms with Crippen LogP contribution in [0.25, 0.3) is 0 Å². The van der Waals surface area contributed by atoms with E-state index in [-0.39, 0.29) is 0 Å². The standard InChI is InChI=1S/C11H18N2S2/c1-3-8(12-2)9-7-15-11(13-9)10-5-4-6-14-10/h7-8,10,12H,3-6H2,1-2H3. The molecule has 0 saturated carbocycles. The molecule has 0 radical (unpaired) electrons. The highest BCUT2D eigenvalue weighted by atomic mass is 32.2. The van der Waals surface area contributed by atoms with E-state index >= 15 is 0 Å². The lowest BCUT2D eigenvalue weighted by Crippen LogP contribution is -2.15. The van der Waals surface area contributed by atoms with E-state index in [1.165, 1.54) is 29.3 Å². The Hall–Kier alpha value is -0.0600. The Labute approximate surface area is 99.9 Å². The van der Waals surface area contributed by atoms with E-state index in [2.05, 4.69) is 29.4 Å². The van der Waals surface area contributed by atoms with Crippen molar-refractivity contribution in [2.75, 3.05) is 12.8 Å². The fourth-order valence-electron chi connectivity index (χ4n) is 1.94. The molecule has 1 aliphatic heterocycles. The first-order valence-electron chi connectivity index (χ1n) is 5.59. The molecule has 2 nitrogen and oxygen atoms in total. The molecule has 1 aromatic rings. The molecule has 0 bridgehead atoms. The third-order valence-corrected chi connectivity index (χ3v) is 5.37. The summed E-state index contributed by atoms with van der Waals surface area (Å²) < 4.78 is 0. The molecule has 1 N–H and O–H groups in total. The highest BCUT2D eigenvalue weighted by molar-refractivity contribution is 7.99. The Balaban J connectivity index is 2.08. The van der Waals surface area contributed by atoms with Gasteiger partial charge in [0.25, 0.3) is 0 Å². The summed E-state index contributed by atoms with van der Waals surface area (Å²) in [4.78, 5) is 4.77. The number of aromatic nitrogens is 1. The molecule has 0 aliphatic carbocycles. The maximum Gasteiger partial charge on any atom is 0.106 e. The predicted octanol–water partition coefficient (Wildman–Crippen LogP) is 3.38. The SMILES string of the molecule is CCC(NC)c1csc(C2CCCS2)n1. The zero-order valence-corrected chi connectivity index (χ0v) is 11.0. The van der Waals surface area contributed by atoms with Crippen molar-refractivity contribution >= 4 is 23.1 Å². The third-order valence-electron chi connectivity index (χ3n) is 2.86. The number of hydrogen-bond acceptors (Lipinski definition) is 4. The minimum Gasteiger partial charge on any atom is -0.312 e. The monoisotopic (exact) mass is 242 g/mol. The molecule has 0 amide bonds. The van der Waals surface area contributed by atoms with Gasteiger partial charge in [-0.15, -0.1) is 11.3 Å². The second kappa shape index (κ2) is 5.32. The fraction of sp³-hybridized carbons (Fsp3) is 0.727. The average molecular weight is 242 g/mol. The maximum atomic E-state index is 4.77. The summed E-state index contributed by atoms with van der Waals surface area (Å²) in [5, 5.41) is 7.54. The van der Waals surface area contributed by atoms with Gasteiger partial charge >= 0.3 is 0 Å². The summed E-state index contributed by atoms with van der Waals surface area (Å²) >= 11 is 3.90. The summed E-state index contributed by atoms with van der Waals surface area (Å²) in [5.41, 5.74) is 1.23. The Bertz CT molecular complexity index is 285. The minimum absolute atomic E-state index is 0.432. The van der Waals surface area contributed by atoms with Crippen LogP contribution in [0.15, 0.2) is 5.38 Å². The smallest absolute Gasteiger partial charge is 0.106 e. The molecule has 84 valence electrons. The molecule has 0 aromatic carbocycles. The van der Waals surface area contributed by atoms with Crippen LogP contribution in [0.1, 0.15) is 48.2 Å². The topological polar surface area (TPSA) is 24.9 Å². The lowest BCUT2D eigenvalue weighted by Gasteiger charge is -2.10. The molecular formula is C11H18N2S2. The molecule has 1 fully saturated rings. The molecule has 2 rings (SSSR count). The molecule has 4 heteroatoms. The summed E-state index contributed by atoms with van der Waals surface area (Å²) in [7, 11) is 2.01. The highest BCUT2D eigenvalue weighted by Crippen LogP contribution is 2.41. The largest absolute Gasteiger partial charge is 0.312 e. The average Bonchev–Trinajstić information content (AvgIpc) is 2.89. The molecule has 1 aliphatic rings. The summed E-state index contributed by atoms with van der Waals surface area (Å²) in [6.07, 6.45) is 3.78. The van der Waals surface area contributed by atoms with Crippen molar-refractivity contribution in [1.29, 1.82) is 0 Å². The van der Waals surface area contributed by atoms with Crippen LogP contribution in [0.4, 0.5) is 0 Å². The fourth-order valence-corrected chi connectivity index (χ4v) is 4.35. The zero-order chi connectivity index (χ0) is 10.7. The maximum absolute atomic E-state index is 4.77. The summed E-state index contributed by atoms with van der Waals surface area (Å²) in [5.74, 6) is 1.31.